The number of benzene rings is 9. The summed E-state index contributed by atoms with van der Waals surface area (Å²) in [4.78, 5) is 9.47. The molecule has 4 nitrogen and oxygen atoms in total. The average Bonchev–Trinajstić information content (AvgIpc) is 3.86. The fraction of sp³-hybridized carbons (Fsp3) is 0.167. The summed E-state index contributed by atoms with van der Waals surface area (Å²) in [6.45, 7) is 34.5. The number of aromatic nitrogens is 3. The van der Waals surface area contributed by atoms with Gasteiger partial charge in [-0.15, -0.1) is 0 Å². The zero-order valence-electron chi connectivity index (χ0n) is 45.8. The largest absolute Gasteiger partial charge is 0.307 e. The molecule has 370 valence electrons. The van der Waals surface area contributed by atoms with Crippen LogP contribution in [0.4, 0.5) is 5.69 Å². The Bertz CT molecular complexity index is 4150. The highest BCUT2D eigenvalue weighted by atomic mass is 15.1. The van der Waals surface area contributed by atoms with Crippen LogP contribution in [0.2, 0.25) is 0 Å². The van der Waals surface area contributed by atoms with Crippen LogP contribution in [0.25, 0.3) is 116 Å². The summed E-state index contributed by atoms with van der Waals surface area (Å²) in [6.07, 6.45) is 2.10. The molecule has 0 radical (unpaired) electrons. The number of rotatable bonds is 7. The summed E-state index contributed by atoms with van der Waals surface area (Å²) in [5.41, 5.74) is 32.9. The molecule has 76 heavy (non-hydrogen) atoms. The van der Waals surface area contributed by atoms with Crippen LogP contribution in [0.1, 0.15) is 66.8 Å². The molecule has 0 fully saturated rings. The van der Waals surface area contributed by atoms with Crippen molar-refractivity contribution in [3.8, 4) is 67.1 Å². The van der Waals surface area contributed by atoms with Gasteiger partial charge in [-0.3, -0.25) is 4.57 Å². The molecule has 0 aliphatic heterocycles. The van der Waals surface area contributed by atoms with Gasteiger partial charge in [-0.05, 0) is 208 Å². The van der Waals surface area contributed by atoms with Gasteiger partial charge in [-0.2, -0.15) is 0 Å². The van der Waals surface area contributed by atoms with E-state index in [-0.39, 0.29) is 0 Å². The minimum Gasteiger partial charge on any atom is -0.307 e. The monoisotopic (exact) mass is 982 g/mol. The summed E-state index contributed by atoms with van der Waals surface area (Å²) >= 11 is 0. The standard InChI is InChI=1S/C72H62N4/c1-40-26-44(5)69(45(6)27-40)53-16-22-58-59-23-17-54(70-46(7)28-41(2)29-47(70)8)35-64(59)75(63(58)34-53)67-39-74-68(38-62(67)52-14-20-57(73-13)21-15-52)76-65-36-55(71-48(9)30-42(3)31-49(71)10)18-24-60(65)61-25-19-56(37-66(61)76)72-50(11)32-43(4)33-51(72)12/h14-39H,1-12H3. The lowest BCUT2D eigenvalue weighted by atomic mass is 9.92. The first-order valence-electron chi connectivity index (χ1n) is 26.5. The first kappa shape index (κ1) is 48.2. The fourth-order valence-electron chi connectivity index (χ4n) is 13.4. The molecule has 0 aliphatic rings. The van der Waals surface area contributed by atoms with Gasteiger partial charge in [-0.1, -0.05) is 144 Å². The second-order valence-electron chi connectivity index (χ2n) is 21.9. The van der Waals surface area contributed by atoms with E-state index in [0.29, 0.717) is 5.69 Å². The van der Waals surface area contributed by atoms with Crippen LogP contribution in [0.5, 0.6) is 0 Å². The minimum absolute atomic E-state index is 0.601. The maximum Gasteiger partial charge on any atom is 0.187 e. The third kappa shape index (κ3) is 7.93. The van der Waals surface area contributed by atoms with Crippen LogP contribution in [0.15, 0.2) is 158 Å². The van der Waals surface area contributed by atoms with Gasteiger partial charge in [-0.25, -0.2) is 9.83 Å². The zero-order valence-corrected chi connectivity index (χ0v) is 45.8. The van der Waals surface area contributed by atoms with E-state index in [2.05, 4.69) is 243 Å². The Kier molecular flexibility index (Phi) is 11.6. The van der Waals surface area contributed by atoms with Crippen molar-refractivity contribution >= 4 is 49.3 Å². The lowest BCUT2D eigenvalue weighted by Gasteiger charge is -2.18. The number of hydrogen-bond acceptors (Lipinski definition) is 1. The van der Waals surface area contributed by atoms with Crippen molar-refractivity contribution in [1.29, 1.82) is 0 Å². The Labute approximate surface area is 447 Å². The van der Waals surface area contributed by atoms with Crippen LogP contribution < -0.4 is 0 Å². The normalized spacial score (nSPS) is 11.7. The highest BCUT2D eigenvalue weighted by molar-refractivity contribution is 6.13. The lowest BCUT2D eigenvalue weighted by molar-refractivity contribution is 1.06. The third-order valence-corrected chi connectivity index (χ3v) is 16.0. The molecule has 3 heterocycles. The van der Waals surface area contributed by atoms with Crippen molar-refractivity contribution in [2.24, 2.45) is 0 Å². The SMILES string of the molecule is [C-]#[N+]c1ccc(-c2cc(-n3c4cc(-c5c(C)cc(C)cc5C)ccc4c4ccc(-c5c(C)cc(C)cc5C)cc43)ncc2-n2c3cc(-c4c(C)cc(C)cc4C)ccc3c3ccc(-c4c(C)cc(C)cc4C)cc32)cc1. The summed E-state index contributed by atoms with van der Waals surface area (Å²) < 4.78 is 4.85. The van der Waals surface area contributed by atoms with Crippen LogP contribution in [-0.2, 0) is 0 Å². The molecule has 0 unspecified atom stereocenters. The predicted molar refractivity (Wildman–Crippen MR) is 323 cm³/mol. The molecule has 0 saturated heterocycles. The van der Waals surface area contributed by atoms with E-state index < -0.39 is 0 Å². The Morgan fingerprint density at radius 1 is 0.329 bits per heavy atom. The number of nitrogens with zero attached hydrogens (tertiary/aromatic N) is 4. The maximum absolute atomic E-state index is 7.94. The van der Waals surface area contributed by atoms with E-state index in [1.54, 1.807) is 0 Å². The lowest BCUT2D eigenvalue weighted by Crippen LogP contribution is -2.04. The van der Waals surface area contributed by atoms with Crippen LogP contribution in [-0.4, -0.2) is 14.1 Å². The molecular weight excluding hydrogens is 921 g/mol. The summed E-state index contributed by atoms with van der Waals surface area (Å²) in [5, 5.41) is 4.69. The van der Waals surface area contributed by atoms with Gasteiger partial charge in [0.05, 0.1) is 40.5 Å². The second kappa shape index (κ2) is 18.3. The van der Waals surface area contributed by atoms with Gasteiger partial charge in [0.2, 0.25) is 0 Å². The van der Waals surface area contributed by atoms with Crippen LogP contribution >= 0.6 is 0 Å². The highest BCUT2D eigenvalue weighted by Gasteiger charge is 2.23. The Morgan fingerprint density at radius 2 is 0.618 bits per heavy atom. The van der Waals surface area contributed by atoms with E-state index in [9.17, 15) is 0 Å². The summed E-state index contributed by atoms with van der Waals surface area (Å²) in [5.74, 6) is 0.816. The fourth-order valence-corrected chi connectivity index (χ4v) is 13.4. The summed E-state index contributed by atoms with van der Waals surface area (Å²) in [6, 6.07) is 56.7. The van der Waals surface area contributed by atoms with E-state index in [1.165, 1.54) is 133 Å². The smallest absolute Gasteiger partial charge is 0.187 e. The molecule has 3 aromatic heterocycles. The molecule has 0 aliphatic carbocycles. The van der Waals surface area contributed by atoms with Crippen molar-refractivity contribution in [1.82, 2.24) is 14.1 Å². The maximum atomic E-state index is 7.94. The molecule has 0 bridgehead atoms. The van der Waals surface area contributed by atoms with E-state index >= 15 is 0 Å². The number of fused-ring (bicyclic) bond motifs is 6. The van der Waals surface area contributed by atoms with Crippen LogP contribution in [0, 0.1) is 89.7 Å². The van der Waals surface area contributed by atoms with Gasteiger partial charge in [0.15, 0.2) is 5.69 Å². The average molecular weight is 983 g/mol. The third-order valence-electron chi connectivity index (χ3n) is 16.0. The Balaban J connectivity index is 1.19. The molecule has 0 saturated carbocycles. The van der Waals surface area contributed by atoms with Gasteiger partial charge in [0, 0.05) is 27.1 Å². The van der Waals surface area contributed by atoms with E-state index in [1.807, 2.05) is 12.1 Å². The van der Waals surface area contributed by atoms with Gasteiger partial charge >= 0.3 is 0 Å². The molecule has 0 N–H and O–H groups in total. The molecule has 0 atom stereocenters. The molecule has 12 rings (SSSR count). The Hall–Kier alpha value is -8.78. The summed E-state index contributed by atoms with van der Waals surface area (Å²) in [7, 11) is 0. The van der Waals surface area contributed by atoms with Crippen molar-refractivity contribution in [2.75, 3.05) is 0 Å². The van der Waals surface area contributed by atoms with E-state index in [0.717, 1.165) is 44.7 Å². The van der Waals surface area contributed by atoms with Crippen molar-refractivity contribution in [2.45, 2.75) is 83.1 Å². The van der Waals surface area contributed by atoms with Crippen LogP contribution in [0.3, 0.4) is 0 Å². The molecule has 9 aromatic carbocycles. The van der Waals surface area contributed by atoms with E-state index in [4.69, 9.17) is 11.6 Å². The first-order chi connectivity index (χ1) is 36.5. The van der Waals surface area contributed by atoms with Gasteiger partial charge in [0.25, 0.3) is 0 Å². The van der Waals surface area contributed by atoms with Crippen molar-refractivity contribution in [3.05, 3.63) is 236 Å². The zero-order chi connectivity index (χ0) is 53.0. The molecule has 0 spiro atoms. The van der Waals surface area contributed by atoms with Gasteiger partial charge < -0.3 is 4.57 Å². The van der Waals surface area contributed by atoms with Gasteiger partial charge in [0.1, 0.15) is 5.82 Å². The number of pyridine rings is 1. The first-order valence-corrected chi connectivity index (χ1v) is 26.5. The Morgan fingerprint density at radius 3 is 0.921 bits per heavy atom. The topological polar surface area (TPSA) is 27.1 Å². The second-order valence-corrected chi connectivity index (χ2v) is 21.9. The molecule has 4 heteroatoms. The number of hydrogen-bond donors (Lipinski definition) is 0. The molecular formula is C72H62N4. The predicted octanol–water partition coefficient (Wildman–Crippen LogP) is 19.9. The quantitative estimate of drug-likeness (QED) is 0.146. The van der Waals surface area contributed by atoms with Crippen molar-refractivity contribution in [3.63, 3.8) is 0 Å². The van der Waals surface area contributed by atoms with Crippen molar-refractivity contribution < 1.29 is 0 Å². The number of aryl methyl sites for hydroxylation is 12. The molecule has 0 amide bonds. The minimum atomic E-state index is 0.601. The molecule has 12 aromatic rings. The highest BCUT2D eigenvalue weighted by Crippen LogP contribution is 2.44.